The average Bonchev–Trinajstić information content (AvgIpc) is 2.69. The van der Waals surface area contributed by atoms with Gasteiger partial charge in [-0.2, -0.15) is 0 Å². The standard InChI is InChI=1S/C12H16N2OS2/c1-8(17-16)11-4-3-9(7-13-11)10-5-6-14(2)12(10)15/h3-4,7-8,10,16H,5-6H2,1-2H3. The molecule has 2 heterocycles. The fourth-order valence-electron chi connectivity index (χ4n) is 2.05. The minimum Gasteiger partial charge on any atom is -0.345 e. The van der Waals surface area contributed by atoms with E-state index in [1.54, 1.807) is 4.90 Å². The van der Waals surface area contributed by atoms with E-state index in [0.29, 0.717) is 0 Å². The van der Waals surface area contributed by atoms with Gasteiger partial charge in [-0.05, 0) is 25.0 Å². The molecular formula is C12H16N2OS2. The van der Waals surface area contributed by atoms with Gasteiger partial charge in [0.1, 0.15) is 0 Å². The monoisotopic (exact) mass is 268 g/mol. The van der Waals surface area contributed by atoms with Gasteiger partial charge in [-0.1, -0.05) is 16.9 Å². The number of carbonyl (C=O) groups is 1. The van der Waals surface area contributed by atoms with E-state index in [4.69, 9.17) is 0 Å². The largest absolute Gasteiger partial charge is 0.345 e. The molecular weight excluding hydrogens is 252 g/mol. The molecule has 0 aromatic carbocycles. The van der Waals surface area contributed by atoms with Crippen LogP contribution < -0.4 is 0 Å². The molecule has 2 atom stereocenters. The molecule has 1 saturated heterocycles. The number of aromatic nitrogens is 1. The van der Waals surface area contributed by atoms with E-state index in [1.165, 1.54) is 10.8 Å². The minimum atomic E-state index is 0.000473. The number of thiol groups is 1. The molecule has 1 aliphatic heterocycles. The first-order valence-corrected chi connectivity index (χ1v) is 7.57. The van der Waals surface area contributed by atoms with Gasteiger partial charge in [0.25, 0.3) is 0 Å². The molecule has 2 unspecified atom stereocenters. The van der Waals surface area contributed by atoms with Crippen LogP contribution in [0.3, 0.4) is 0 Å². The van der Waals surface area contributed by atoms with Crippen molar-refractivity contribution in [2.45, 2.75) is 24.5 Å². The highest BCUT2D eigenvalue weighted by atomic mass is 33.1. The number of rotatable bonds is 3. The molecule has 1 fully saturated rings. The van der Waals surface area contributed by atoms with Crippen molar-refractivity contribution in [3.8, 4) is 0 Å². The highest BCUT2D eigenvalue weighted by Crippen LogP contribution is 2.31. The van der Waals surface area contributed by atoms with E-state index in [9.17, 15) is 4.79 Å². The first-order valence-electron chi connectivity index (χ1n) is 5.64. The molecule has 0 radical (unpaired) electrons. The van der Waals surface area contributed by atoms with Crippen LogP contribution in [0.1, 0.15) is 35.8 Å². The van der Waals surface area contributed by atoms with Crippen molar-refractivity contribution in [3.05, 3.63) is 29.6 Å². The predicted octanol–water partition coefficient (Wildman–Crippen LogP) is 2.67. The smallest absolute Gasteiger partial charge is 0.229 e. The summed E-state index contributed by atoms with van der Waals surface area (Å²) in [7, 11) is 3.32. The van der Waals surface area contributed by atoms with E-state index in [0.717, 1.165) is 24.2 Å². The third-order valence-corrected chi connectivity index (χ3v) is 4.72. The fourth-order valence-corrected chi connectivity index (χ4v) is 2.62. The summed E-state index contributed by atoms with van der Waals surface area (Å²) in [5.74, 6) is 0.205. The molecule has 92 valence electrons. The van der Waals surface area contributed by atoms with Crippen molar-refractivity contribution in [2.75, 3.05) is 13.6 Å². The second-order valence-electron chi connectivity index (χ2n) is 4.37. The third-order valence-electron chi connectivity index (χ3n) is 3.21. The molecule has 1 aromatic heterocycles. The van der Waals surface area contributed by atoms with Gasteiger partial charge < -0.3 is 4.90 Å². The lowest BCUT2D eigenvalue weighted by atomic mass is 9.99. The van der Waals surface area contributed by atoms with Crippen LogP contribution in [-0.4, -0.2) is 29.4 Å². The summed E-state index contributed by atoms with van der Waals surface area (Å²) in [4.78, 5) is 18.1. The summed E-state index contributed by atoms with van der Waals surface area (Å²) in [5.41, 5.74) is 2.03. The zero-order valence-corrected chi connectivity index (χ0v) is 11.7. The van der Waals surface area contributed by atoms with Gasteiger partial charge in [-0.15, -0.1) is 11.7 Å². The second kappa shape index (κ2) is 5.31. The van der Waals surface area contributed by atoms with E-state index in [2.05, 4.69) is 23.6 Å². The van der Waals surface area contributed by atoms with Crippen LogP contribution in [0.25, 0.3) is 0 Å². The number of likely N-dealkylation sites (tertiary alicyclic amines) is 1. The van der Waals surface area contributed by atoms with E-state index in [-0.39, 0.29) is 17.1 Å². The summed E-state index contributed by atoms with van der Waals surface area (Å²) < 4.78 is 0. The summed E-state index contributed by atoms with van der Waals surface area (Å²) >= 11 is 4.18. The zero-order valence-electron chi connectivity index (χ0n) is 9.96. The Labute approximate surface area is 111 Å². The maximum Gasteiger partial charge on any atom is 0.229 e. The number of likely N-dealkylation sites (N-methyl/N-ethyl adjacent to an activating group) is 1. The maximum atomic E-state index is 11.9. The van der Waals surface area contributed by atoms with Crippen LogP contribution in [0.4, 0.5) is 0 Å². The third kappa shape index (κ3) is 2.60. The van der Waals surface area contributed by atoms with Crippen molar-refractivity contribution in [1.82, 2.24) is 9.88 Å². The Bertz CT molecular complexity index is 407. The number of hydrogen-bond donors (Lipinski definition) is 1. The van der Waals surface area contributed by atoms with Gasteiger partial charge in [0, 0.05) is 19.8 Å². The predicted molar refractivity (Wildman–Crippen MR) is 74.2 cm³/mol. The molecule has 0 spiro atoms. The maximum absolute atomic E-state index is 11.9. The molecule has 1 aliphatic rings. The second-order valence-corrected chi connectivity index (χ2v) is 5.92. The lowest BCUT2D eigenvalue weighted by Gasteiger charge is -2.12. The van der Waals surface area contributed by atoms with E-state index < -0.39 is 0 Å². The SMILES string of the molecule is CC(SS)c1ccc(C2CCN(C)C2=O)cn1. The van der Waals surface area contributed by atoms with Gasteiger partial charge in [0.05, 0.1) is 16.9 Å². The Hall–Kier alpha value is -0.680. The summed E-state index contributed by atoms with van der Waals surface area (Å²) in [6.07, 6.45) is 2.73. The molecule has 0 aliphatic carbocycles. The number of pyridine rings is 1. The van der Waals surface area contributed by atoms with Crippen LogP contribution in [0.15, 0.2) is 18.3 Å². The summed E-state index contributed by atoms with van der Waals surface area (Å²) in [6, 6.07) is 4.01. The topological polar surface area (TPSA) is 33.2 Å². The Balaban J connectivity index is 2.16. The van der Waals surface area contributed by atoms with Crippen molar-refractivity contribution >= 4 is 28.4 Å². The van der Waals surface area contributed by atoms with Crippen LogP contribution >= 0.6 is 22.5 Å². The van der Waals surface area contributed by atoms with Crippen molar-refractivity contribution in [2.24, 2.45) is 0 Å². The Morgan fingerprint density at radius 1 is 1.59 bits per heavy atom. The highest BCUT2D eigenvalue weighted by Gasteiger charge is 2.30. The number of carbonyl (C=O) groups excluding carboxylic acids is 1. The molecule has 1 amide bonds. The number of hydrogen-bond acceptors (Lipinski definition) is 4. The van der Waals surface area contributed by atoms with Crippen molar-refractivity contribution < 1.29 is 4.79 Å². The van der Waals surface area contributed by atoms with Crippen LogP contribution in [0.2, 0.25) is 0 Å². The van der Waals surface area contributed by atoms with Crippen LogP contribution in [-0.2, 0) is 4.79 Å². The molecule has 3 nitrogen and oxygen atoms in total. The highest BCUT2D eigenvalue weighted by molar-refractivity contribution is 8.68. The van der Waals surface area contributed by atoms with Gasteiger partial charge in [0.15, 0.2) is 0 Å². The molecule has 0 bridgehead atoms. The average molecular weight is 268 g/mol. The first kappa shape index (κ1) is 12.8. The Morgan fingerprint density at radius 2 is 2.35 bits per heavy atom. The summed E-state index contributed by atoms with van der Waals surface area (Å²) in [5, 5.41) is 0.273. The molecule has 2 rings (SSSR count). The molecule has 1 aromatic rings. The molecule has 5 heteroatoms. The Morgan fingerprint density at radius 3 is 2.82 bits per heavy atom. The van der Waals surface area contributed by atoms with Gasteiger partial charge in [0.2, 0.25) is 5.91 Å². The lowest BCUT2D eigenvalue weighted by Crippen LogP contribution is -2.21. The fraction of sp³-hybridized carbons (Fsp3) is 0.500. The lowest BCUT2D eigenvalue weighted by molar-refractivity contribution is -0.127. The number of nitrogens with zero attached hydrogens (tertiary/aromatic N) is 2. The summed E-state index contributed by atoms with van der Waals surface area (Å²) in [6.45, 7) is 2.91. The molecule has 17 heavy (non-hydrogen) atoms. The molecule has 0 N–H and O–H groups in total. The van der Waals surface area contributed by atoms with Crippen molar-refractivity contribution in [3.63, 3.8) is 0 Å². The van der Waals surface area contributed by atoms with Crippen molar-refractivity contribution in [1.29, 1.82) is 0 Å². The molecule has 0 saturated carbocycles. The van der Waals surface area contributed by atoms with Gasteiger partial charge in [-0.3, -0.25) is 9.78 Å². The number of amides is 1. The van der Waals surface area contributed by atoms with Gasteiger partial charge in [-0.25, -0.2) is 0 Å². The van der Waals surface area contributed by atoms with Crippen LogP contribution in [0.5, 0.6) is 0 Å². The van der Waals surface area contributed by atoms with E-state index >= 15 is 0 Å². The zero-order chi connectivity index (χ0) is 12.4. The first-order chi connectivity index (χ1) is 8.13. The van der Waals surface area contributed by atoms with E-state index in [1.807, 2.05) is 25.4 Å². The Kier molecular flexibility index (Phi) is 3.99. The van der Waals surface area contributed by atoms with Gasteiger partial charge >= 0.3 is 0 Å². The quantitative estimate of drug-likeness (QED) is 0.676. The minimum absolute atomic E-state index is 0.000473. The normalized spacial score (nSPS) is 21.9. The van der Waals surface area contributed by atoms with Crippen LogP contribution in [0, 0.1) is 0 Å².